The molecule has 4 rings (SSSR count). The molecule has 30 heavy (non-hydrogen) atoms. The van der Waals surface area contributed by atoms with Crippen molar-refractivity contribution in [2.45, 2.75) is 39.9 Å². The van der Waals surface area contributed by atoms with Crippen molar-refractivity contribution in [3.05, 3.63) is 48.2 Å². The summed E-state index contributed by atoms with van der Waals surface area (Å²) < 4.78 is 6.99. The smallest absolute Gasteiger partial charge is 0.413 e. The zero-order valence-corrected chi connectivity index (χ0v) is 17.2. The Hall–Kier alpha value is -3.59. The van der Waals surface area contributed by atoms with Crippen LogP contribution in [0.3, 0.4) is 0 Å². The topological polar surface area (TPSA) is 115 Å². The van der Waals surface area contributed by atoms with Crippen molar-refractivity contribution in [3.63, 3.8) is 0 Å². The molecule has 0 aliphatic heterocycles. The van der Waals surface area contributed by atoms with Gasteiger partial charge in [0.25, 0.3) is 0 Å². The third-order valence-electron chi connectivity index (χ3n) is 4.48. The molecule has 9 nitrogen and oxygen atoms in total. The first-order valence-corrected chi connectivity index (χ1v) is 9.44. The van der Waals surface area contributed by atoms with Gasteiger partial charge < -0.3 is 9.84 Å². The third kappa shape index (κ3) is 3.79. The molecule has 2 N–H and O–H groups in total. The molecule has 0 atom stereocenters. The number of nitrogens with zero attached hydrogens (tertiary/aromatic N) is 5. The summed E-state index contributed by atoms with van der Waals surface area (Å²) in [5.41, 5.74) is 4.10. The highest BCUT2D eigenvalue weighted by atomic mass is 16.6. The number of aryl methyl sites for hydroxylation is 1. The van der Waals surface area contributed by atoms with Crippen LogP contribution < -0.4 is 5.32 Å². The van der Waals surface area contributed by atoms with Crippen LogP contribution >= 0.6 is 0 Å². The molecule has 154 valence electrons. The number of amides is 1. The Labute approximate surface area is 172 Å². The number of hydrogen-bond donors (Lipinski definition) is 2. The quantitative estimate of drug-likeness (QED) is 0.535. The molecule has 1 amide bonds. The molecule has 0 spiro atoms. The number of ether oxygens (including phenoxy) is 1. The number of carbonyl (C=O) groups excluding carboxylic acids is 1. The van der Waals surface area contributed by atoms with Gasteiger partial charge in [-0.1, -0.05) is 0 Å². The zero-order valence-electron chi connectivity index (χ0n) is 17.2. The van der Waals surface area contributed by atoms with Gasteiger partial charge in [0, 0.05) is 35.0 Å². The van der Waals surface area contributed by atoms with Crippen LogP contribution in [-0.2, 0) is 11.3 Å². The summed E-state index contributed by atoms with van der Waals surface area (Å²) in [6.07, 6.45) is 4.29. The van der Waals surface area contributed by atoms with E-state index in [1.54, 1.807) is 43.7 Å². The number of rotatable bonds is 3. The van der Waals surface area contributed by atoms with E-state index in [9.17, 15) is 9.90 Å². The van der Waals surface area contributed by atoms with E-state index in [1.165, 1.54) is 6.33 Å². The van der Waals surface area contributed by atoms with Gasteiger partial charge in [-0.25, -0.2) is 19.3 Å². The second-order valence-corrected chi connectivity index (χ2v) is 7.96. The van der Waals surface area contributed by atoms with Crippen molar-refractivity contribution >= 4 is 28.5 Å². The highest BCUT2D eigenvalue weighted by Gasteiger charge is 2.18. The van der Waals surface area contributed by atoms with Gasteiger partial charge in [-0.15, -0.1) is 0 Å². The lowest BCUT2D eigenvalue weighted by Crippen LogP contribution is -2.27. The Bertz CT molecular complexity index is 1260. The summed E-state index contributed by atoms with van der Waals surface area (Å²) >= 11 is 0. The van der Waals surface area contributed by atoms with Gasteiger partial charge in [-0.05, 0) is 45.4 Å². The molecule has 0 aromatic carbocycles. The van der Waals surface area contributed by atoms with E-state index in [0.717, 1.165) is 27.6 Å². The van der Waals surface area contributed by atoms with E-state index >= 15 is 0 Å². The van der Waals surface area contributed by atoms with Gasteiger partial charge in [0.05, 0.1) is 17.8 Å². The highest BCUT2D eigenvalue weighted by Crippen LogP contribution is 2.30. The van der Waals surface area contributed by atoms with Gasteiger partial charge in [-0.3, -0.25) is 10.3 Å². The van der Waals surface area contributed by atoms with Crippen LogP contribution in [-0.4, -0.2) is 41.4 Å². The van der Waals surface area contributed by atoms with Gasteiger partial charge in [0.2, 0.25) is 0 Å². The standard InChI is InChI=1S/C21H22N6O3/c1-12-5-14(10-28)22-9-16(12)15-6-13-8-23-18(26-20(29)30-21(2,3)4)7-17(13)27-19(15)24-11-25-27/h5-9,11,28H,10H2,1-4H3,(H,23,26,29). The number of aromatic nitrogens is 5. The number of anilines is 1. The number of aliphatic hydroxyl groups is 1. The maximum atomic E-state index is 12.1. The van der Waals surface area contributed by atoms with Gasteiger partial charge in [-0.2, -0.15) is 5.10 Å². The van der Waals surface area contributed by atoms with Gasteiger partial charge in [0.15, 0.2) is 5.65 Å². The molecule has 4 heterocycles. The van der Waals surface area contributed by atoms with E-state index in [2.05, 4.69) is 25.4 Å². The van der Waals surface area contributed by atoms with Crippen molar-refractivity contribution in [2.24, 2.45) is 0 Å². The summed E-state index contributed by atoms with van der Waals surface area (Å²) in [5.74, 6) is 0.353. The van der Waals surface area contributed by atoms with Gasteiger partial charge in [0.1, 0.15) is 17.7 Å². The molecule has 0 saturated carbocycles. The Kier molecular flexibility index (Phi) is 4.83. The molecular weight excluding hydrogens is 384 g/mol. The minimum Gasteiger partial charge on any atom is -0.444 e. The van der Waals surface area contributed by atoms with Crippen molar-refractivity contribution in [1.29, 1.82) is 0 Å². The molecule has 4 aromatic heterocycles. The molecule has 0 aliphatic rings. The van der Waals surface area contributed by atoms with E-state index in [-0.39, 0.29) is 6.61 Å². The number of fused-ring (bicyclic) bond motifs is 3. The molecule has 4 aromatic rings. The SMILES string of the molecule is Cc1cc(CO)ncc1-c1cc2cnc(NC(=O)OC(C)(C)C)cc2n2ncnc12. The Morgan fingerprint density at radius 2 is 1.93 bits per heavy atom. The summed E-state index contributed by atoms with van der Waals surface area (Å²) in [6.45, 7) is 7.23. The van der Waals surface area contributed by atoms with Crippen LogP contribution in [0.5, 0.6) is 0 Å². The predicted molar refractivity (Wildman–Crippen MR) is 112 cm³/mol. The van der Waals surface area contributed by atoms with Crippen LogP contribution in [0.1, 0.15) is 32.0 Å². The highest BCUT2D eigenvalue weighted by molar-refractivity contribution is 5.93. The van der Waals surface area contributed by atoms with Crippen molar-refractivity contribution < 1.29 is 14.6 Å². The zero-order chi connectivity index (χ0) is 21.5. The summed E-state index contributed by atoms with van der Waals surface area (Å²) in [5, 5.41) is 17.1. The number of hydrogen-bond acceptors (Lipinski definition) is 7. The number of aliphatic hydroxyl groups excluding tert-OH is 1. The molecular formula is C21H22N6O3. The number of pyridine rings is 3. The Morgan fingerprint density at radius 1 is 1.13 bits per heavy atom. The molecule has 0 aliphatic carbocycles. The fraction of sp³-hybridized carbons (Fsp3) is 0.286. The van der Waals surface area contributed by atoms with Crippen LogP contribution in [0, 0.1) is 6.92 Å². The Morgan fingerprint density at radius 3 is 2.63 bits per heavy atom. The van der Waals surface area contributed by atoms with Crippen LogP contribution in [0.4, 0.5) is 10.6 Å². The molecule has 0 unspecified atom stereocenters. The lowest BCUT2D eigenvalue weighted by Gasteiger charge is -2.19. The monoisotopic (exact) mass is 406 g/mol. The van der Waals surface area contributed by atoms with E-state index < -0.39 is 11.7 Å². The fourth-order valence-electron chi connectivity index (χ4n) is 3.23. The third-order valence-corrected chi connectivity index (χ3v) is 4.48. The molecule has 0 saturated heterocycles. The summed E-state index contributed by atoms with van der Waals surface area (Å²) in [6, 6.07) is 5.54. The maximum Gasteiger partial charge on any atom is 0.413 e. The molecule has 9 heteroatoms. The van der Waals surface area contributed by atoms with E-state index in [4.69, 9.17) is 4.74 Å². The molecule has 0 fully saturated rings. The number of nitrogens with one attached hydrogen (secondary N) is 1. The van der Waals surface area contributed by atoms with E-state index in [1.807, 2.05) is 19.1 Å². The van der Waals surface area contributed by atoms with Crippen LogP contribution in [0.25, 0.3) is 27.7 Å². The van der Waals surface area contributed by atoms with Crippen molar-refractivity contribution in [1.82, 2.24) is 24.6 Å². The largest absolute Gasteiger partial charge is 0.444 e. The second kappa shape index (κ2) is 7.34. The first-order valence-electron chi connectivity index (χ1n) is 9.44. The van der Waals surface area contributed by atoms with E-state index in [0.29, 0.717) is 17.2 Å². The molecule has 0 bridgehead atoms. The summed E-state index contributed by atoms with van der Waals surface area (Å²) in [7, 11) is 0. The van der Waals surface area contributed by atoms with Crippen LogP contribution in [0.15, 0.2) is 36.9 Å². The van der Waals surface area contributed by atoms with Crippen molar-refractivity contribution in [3.8, 4) is 11.1 Å². The lowest BCUT2D eigenvalue weighted by molar-refractivity contribution is 0.0635. The molecule has 0 radical (unpaired) electrons. The first-order chi connectivity index (χ1) is 14.2. The minimum absolute atomic E-state index is 0.115. The lowest BCUT2D eigenvalue weighted by atomic mass is 10.0. The fourth-order valence-corrected chi connectivity index (χ4v) is 3.23. The predicted octanol–water partition coefficient (Wildman–Crippen LogP) is 3.49. The average molecular weight is 406 g/mol. The maximum absolute atomic E-state index is 12.1. The minimum atomic E-state index is -0.605. The second-order valence-electron chi connectivity index (χ2n) is 7.96. The number of carbonyl (C=O) groups is 1. The van der Waals surface area contributed by atoms with Gasteiger partial charge >= 0.3 is 6.09 Å². The Balaban J connectivity index is 1.79. The normalized spacial score (nSPS) is 11.8. The summed E-state index contributed by atoms with van der Waals surface area (Å²) in [4.78, 5) is 25.1. The van der Waals surface area contributed by atoms with Crippen LogP contribution in [0.2, 0.25) is 0 Å². The van der Waals surface area contributed by atoms with Crippen molar-refractivity contribution in [2.75, 3.05) is 5.32 Å². The first kappa shape index (κ1) is 19.7. The average Bonchev–Trinajstić information content (AvgIpc) is 3.16.